The van der Waals surface area contributed by atoms with Crippen molar-refractivity contribution in [2.45, 2.75) is 6.54 Å². The Hall–Kier alpha value is -5.38. The van der Waals surface area contributed by atoms with Crippen molar-refractivity contribution < 1.29 is 13.6 Å². The van der Waals surface area contributed by atoms with E-state index in [1.165, 1.54) is 23.2 Å². The lowest BCUT2D eigenvalue weighted by atomic mass is 10.1. The third kappa shape index (κ3) is 4.90. The van der Waals surface area contributed by atoms with Crippen molar-refractivity contribution in [2.75, 3.05) is 6.54 Å². The van der Waals surface area contributed by atoms with E-state index in [2.05, 4.69) is 31.5 Å². The van der Waals surface area contributed by atoms with Gasteiger partial charge in [0.2, 0.25) is 0 Å². The molecule has 0 saturated heterocycles. The Labute approximate surface area is 226 Å². The smallest absolute Gasteiger partial charge is 0.266 e. The molecule has 8 nitrogen and oxygen atoms in total. The number of carbonyl (C=O) groups is 1. The van der Waals surface area contributed by atoms with Gasteiger partial charge in [0, 0.05) is 29.0 Å². The van der Waals surface area contributed by atoms with E-state index >= 15 is 0 Å². The molecule has 3 heterocycles. The normalized spacial score (nSPS) is 11.6. The van der Waals surface area contributed by atoms with Crippen LogP contribution in [0.1, 0.15) is 21.5 Å². The molecule has 3 aromatic heterocycles. The van der Waals surface area contributed by atoms with E-state index in [0.29, 0.717) is 5.56 Å². The molecular weight excluding hydrogens is 514 g/mol. The van der Waals surface area contributed by atoms with Gasteiger partial charge >= 0.3 is 0 Å². The number of fused-ring (bicyclic) bond motifs is 2. The zero-order valence-electron chi connectivity index (χ0n) is 21.0. The number of H-pyrrole nitrogens is 2. The fourth-order valence-corrected chi connectivity index (χ4v) is 4.54. The highest BCUT2D eigenvalue weighted by atomic mass is 19.2. The van der Waals surface area contributed by atoms with Gasteiger partial charge in [-0.3, -0.25) is 19.3 Å². The lowest BCUT2D eigenvalue weighted by Gasteiger charge is -2.08. The minimum Gasteiger partial charge on any atom is -0.353 e. The van der Waals surface area contributed by atoms with E-state index < -0.39 is 23.1 Å². The van der Waals surface area contributed by atoms with Crippen molar-refractivity contribution in [1.82, 2.24) is 30.0 Å². The van der Waals surface area contributed by atoms with E-state index in [4.69, 9.17) is 0 Å². The van der Waals surface area contributed by atoms with Crippen LogP contribution in [0.3, 0.4) is 0 Å². The Morgan fingerprint density at radius 3 is 2.73 bits per heavy atom. The van der Waals surface area contributed by atoms with Gasteiger partial charge in [-0.15, -0.1) is 0 Å². The van der Waals surface area contributed by atoms with Crippen molar-refractivity contribution >= 4 is 33.8 Å². The quantitative estimate of drug-likeness (QED) is 0.266. The number of nitrogens with zero attached hydrogens (tertiary/aromatic N) is 3. The SMILES string of the molecule is O=C(NCC=Cc1ccc2c(-c3cc4ccccc4[nH]3)n[nH]c2c1)c1cncn(Cc2ccc(F)c(F)c2)c1=O. The van der Waals surface area contributed by atoms with Crippen LogP contribution in [-0.2, 0) is 6.54 Å². The van der Waals surface area contributed by atoms with Crippen LogP contribution in [0.2, 0.25) is 0 Å². The number of halogens is 2. The zero-order chi connectivity index (χ0) is 27.6. The maximum Gasteiger partial charge on any atom is 0.266 e. The maximum absolute atomic E-state index is 13.5. The Bertz CT molecular complexity index is 1940. The molecule has 1 amide bonds. The van der Waals surface area contributed by atoms with Crippen LogP contribution in [0.4, 0.5) is 8.78 Å². The number of rotatable bonds is 7. The summed E-state index contributed by atoms with van der Waals surface area (Å²) in [5.74, 6) is -2.58. The minimum absolute atomic E-state index is 0.0534. The van der Waals surface area contributed by atoms with Gasteiger partial charge < -0.3 is 10.3 Å². The van der Waals surface area contributed by atoms with E-state index in [0.717, 1.165) is 50.9 Å². The second-order valence-corrected chi connectivity index (χ2v) is 9.25. The van der Waals surface area contributed by atoms with E-state index in [1.807, 2.05) is 48.5 Å². The average Bonchev–Trinajstić information content (AvgIpc) is 3.58. The fourth-order valence-electron chi connectivity index (χ4n) is 4.54. The summed E-state index contributed by atoms with van der Waals surface area (Å²) in [4.78, 5) is 32.7. The minimum atomic E-state index is -1.01. The highest BCUT2D eigenvalue weighted by molar-refractivity contribution is 5.96. The van der Waals surface area contributed by atoms with Gasteiger partial charge in [0.05, 0.1) is 24.1 Å². The summed E-state index contributed by atoms with van der Waals surface area (Å²) >= 11 is 0. The first-order chi connectivity index (χ1) is 19.5. The summed E-state index contributed by atoms with van der Waals surface area (Å²) < 4.78 is 27.9. The second-order valence-electron chi connectivity index (χ2n) is 9.25. The standard InChI is InChI=1S/C30H22F2N6O2/c31-23-10-8-19(12-24(23)32)16-38-17-33-15-22(30(38)40)29(39)34-11-3-4-18-7-9-21-26(13-18)36-37-28(21)27-14-20-5-1-2-6-25(20)35-27/h1-10,12-15,17,35H,11,16H2,(H,34,39)(H,36,37). The number of hydrogen-bond acceptors (Lipinski definition) is 4. The summed E-state index contributed by atoms with van der Waals surface area (Å²) in [5, 5.41) is 12.3. The maximum atomic E-state index is 13.5. The van der Waals surface area contributed by atoms with Crippen molar-refractivity contribution in [3.63, 3.8) is 0 Å². The number of amides is 1. The van der Waals surface area contributed by atoms with Crippen LogP contribution < -0.4 is 10.9 Å². The number of carbonyl (C=O) groups excluding carboxylic acids is 1. The molecule has 6 aromatic rings. The topological polar surface area (TPSA) is 108 Å². The van der Waals surface area contributed by atoms with Crippen LogP contribution >= 0.6 is 0 Å². The molecule has 0 saturated carbocycles. The molecule has 0 aliphatic heterocycles. The molecule has 3 N–H and O–H groups in total. The number of hydrogen-bond donors (Lipinski definition) is 3. The third-order valence-corrected chi connectivity index (χ3v) is 6.55. The molecule has 6 rings (SSSR count). The van der Waals surface area contributed by atoms with Crippen molar-refractivity contribution in [2.24, 2.45) is 0 Å². The highest BCUT2D eigenvalue weighted by Crippen LogP contribution is 2.29. The summed E-state index contributed by atoms with van der Waals surface area (Å²) in [7, 11) is 0. The van der Waals surface area contributed by atoms with Crippen LogP contribution in [-0.4, -0.2) is 37.2 Å². The van der Waals surface area contributed by atoms with Crippen LogP contribution in [0, 0.1) is 11.6 Å². The first kappa shape index (κ1) is 24.9. The van der Waals surface area contributed by atoms with Gasteiger partial charge in [-0.05, 0) is 47.5 Å². The fraction of sp³-hybridized carbons (Fsp3) is 0.0667. The Morgan fingerprint density at radius 1 is 1.00 bits per heavy atom. The molecule has 0 spiro atoms. The van der Waals surface area contributed by atoms with E-state index in [-0.39, 0.29) is 18.7 Å². The molecule has 40 heavy (non-hydrogen) atoms. The summed E-state index contributed by atoms with van der Waals surface area (Å²) in [5.41, 5.74) is 4.22. The molecule has 0 radical (unpaired) electrons. The molecule has 198 valence electrons. The molecule has 3 aromatic carbocycles. The van der Waals surface area contributed by atoms with Crippen LogP contribution in [0.15, 0.2) is 90.1 Å². The van der Waals surface area contributed by atoms with E-state index in [1.54, 1.807) is 6.08 Å². The second kappa shape index (κ2) is 10.4. The van der Waals surface area contributed by atoms with Gasteiger partial charge in [0.15, 0.2) is 11.6 Å². The van der Waals surface area contributed by atoms with Gasteiger partial charge in [0.25, 0.3) is 11.5 Å². The molecular formula is C30H22F2N6O2. The van der Waals surface area contributed by atoms with Gasteiger partial charge in [-0.2, -0.15) is 5.10 Å². The number of benzene rings is 3. The van der Waals surface area contributed by atoms with Gasteiger partial charge in [-0.25, -0.2) is 13.8 Å². The van der Waals surface area contributed by atoms with Crippen LogP contribution in [0.25, 0.3) is 39.3 Å². The summed E-state index contributed by atoms with van der Waals surface area (Å²) in [6, 6.07) is 19.4. The predicted molar refractivity (Wildman–Crippen MR) is 149 cm³/mol. The molecule has 0 atom stereocenters. The molecule has 0 aliphatic carbocycles. The lowest BCUT2D eigenvalue weighted by molar-refractivity contribution is 0.0955. The summed E-state index contributed by atoms with van der Waals surface area (Å²) in [6.07, 6.45) is 6.05. The number of para-hydroxylation sites is 1. The first-order valence-corrected chi connectivity index (χ1v) is 12.5. The molecule has 0 aliphatic rings. The molecule has 0 fully saturated rings. The van der Waals surface area contributed by atoms with Crippen molar-refractivity contribution in [3.8, 4) is 11.4 Å². The monoisotopic (exact) mass is 536 g/mol. The third-order valence-electron chi connectivity index (χ3n) is 6.55. The largest absolute Gasteiger partial charge is 0.353 e. The van der Waals surface area contributed by atoms with Crippen molar-refractivity contribution in [3.05, 3.63) is 124 Å². The van der Waals surface area contributed by atoms with Crippen LogP contribution in [0.5, 0.6) is 0 Å². The lowest BCUT2D eigenvalue weighted by Crippen LogP contribution is -2.33. The number of aromatic amines is 2. The Kier molecular flexibility index (Phi) is 6.49. The summed E-state index contributed by atoms with van der Waals surface area (Å²) in [6.45, 7) is 0.125. The molecule has 10 heteroatoms. The molecule has 0 bridgehead atoms. The van der Waals surface area contributed by atoms with Crippen molar-refractivity contribution in [1.29, 1.82) is 0 Å². The molecule has 0 unspecified atom stereocenters. The number of nitrogens with one attached hydrogen (secondary N) is 3. The first-order valence-electron chi connectivity index (χ1n) is 12.5. The van der Waals surface area contributed by atoms with Gasteiger partial charge in [0.1, 0.15) is 11.3 Å². The Morgan fingerprint density at radius 2 is 1.88 bits per heavy atom. The highest BCUT2D eigenvalue weighted by Gasteiger charge is 2.14. The average molecular weight is 537 g/mol. The van der Waals surface area contributed by atoms with E-state index in [9.17, 15) is 18.4 Å². The predicted octanol–water partition coefficient (Wildman–Crippen LogP) is 5.04. The zero-order valence-corrected chi connectivity index (χ0v) is 21.0. The Balaban J connectivity index is 1.11. The number of aromatic nitrogens is 5. The van der Waals surface area contributed by atoms with Gasteiger partial charge in [-0.1, -0.05) is 42.5 Å².